The van der Waals surface area contributed by atoms with Gasteiger partial charge < -0.3 is 20.6 Å². The largest absolute Gasteiger partial charge is 0.387 e. The molecule has 1 amide bonds. The first-order valence-electron chi connectivity index (χ1n) is 13.7. The molecule has 198 valence electrons. The first-order chi connectivity index (χ1) is 18.5. The van der Waals surface area contributed by atoms with Gasteiger partial charge in [0.2, 0.25) is 5.91 Å². The number of aryl methyl sites for hydroxylation is 1. The van der Waals surface area contributed by atoms with Crippen molar-refractivity contribution in [3.8, 4) is 11.1 Å². The Kier molecular flexibility index (Phi) is 6.82. The number of aromatic nitrogens is 4. The average molecular weight is 514 g/mol. The second kappa shape index (κ2) is 10.4. The predicted octanol–water partition coefficient (Wildman–Crippen LogP) is 3.57. The van der Waals surface area contributed by atoms with Gasteiger partial charge in [0.25, 0.3) is 0 Å². The first kappa shape index (κ1) is 24.9. The zero-order valence-electron chi connectivity index (χ0n) is 22.0. The van der Waals surface area contributed by atoms with Crippen LogP contribution in [0.15, 0.2) is 43.0 Å². The van der Waals surface area contributed by atoms with Gasteiger partial charge in [0.15, 0.2) is 0 Å². The molecule has 1 saturated heterocycles. The molecule has 5 heterocycles. The number of anilines is 1. The van der Waals surface area contributed by atoms with Gasteiger partial charge in [-0.3, -0.25) is 14.2 Å². The van der Waals surface area contributed by atoms with Crippen LogP contribution in [-0.2, 0) is 4.79 Å². The van der Waals surface area contributed by atoms with Crippen molar-refractivity contribution in [3.05, 3.63) is 54.2 Å². The smallest absolute Gasteiger partial charge is 0.228 e. The van der Waals surface area contributed by atoms with Gasteiger partial charge in [0.1, 0.15) is 11.5 Å². The number of rotatable bonds is 8. The van der Waals surface area contributed by atoms with Crippen LogP contribution in [-0.4, -0.2) is 68.0 Å². The highest BCUT2D eigenvalue weighted by molar-refractivity contribution is 5.97. The van der Waals surface area contributed by atoms with Crippen LogP contribution < -0.4 is 10.6 Å². The topological polar surface area (TPSA) is 108 Å². The molecule has 2 aliphatic rings. The van der Waals surface area contributed by atoms with E-state index in [9.17, 15) is 9.90 Å². The number of piperazine rings is 1. The zero-order valence-corrected chi connectivity index (χ0v) is 22.0. The van der Waals surface area contributed by atoms with Crippen molar-refractivity contribution >= 4 is 28.3 Å². The Morgan fingerprint density at radius 3 is 2.79 bits per heavy atom. The van der Waals surface area contributed by atoms with Gasteiger partial charge in [-0.2, -0.15) is 0 Å². The van der Waals surface area contributed by atoms with Crippen LogP contribution in [0, 0.1) is 18.8 Å². The molecule has 2 fully saturated rings. The molecule has 1 aliphatic carbocycles. The van der Waals surface area contributed by atoms with Crippen molar-refractivity contribution in [2.45, 2.75) is 39.2 Å². The van der Waals surface area contributed by atoms with Crippen LogP contribution in [0.2, 0.25) is 0 Å². The van der Waals surface area contributed by atoms with Crippen molar-refractivity contribution in [1.29, 1.82) is 0 Å². The second-order valence-electron chi connectivity index (χ2n) is 10.7. The maximum absolute atomic E-state index is 12.9. The number of imidazole rings is 1. The van der Waals surface area contributed by atoms with E-state index in [2.05, 4.69) is 43.5 Å². The molecule has 3 atom stereocenters. The number of carbonyl (C=O) groups is 1. The van der Waals surface area contributed by atoms with Crippen LogP contribution in [0.1, 0.15) is 43.5 Å². The lowest BCUT2D eigenvalue weighted by Crippen LogP contribution is -2.44. The Labute approximate surface area is 222 Å². The van der Waals surface area contributed by atoms with Crippen LogP contribution in [0.3, 0.4) is 0 Å². The number of carbonyl (C=O) groups excluding carboxylic acids is 1. The number of hydrogen-bond acceptors (Lipinski definition) is 7. The SMILES string of the molecule is CCC[C@@H](O)c1cc(C)c(-c2cc3cnc(NC(=O)[C@H]4C[C@@H]4CN4CCNCC4)cc3n3ccnc23)cn1. The number of nitrogens with zero attached hydrogens (tertiary/aromatic N) is 5. The van der Waals surface area contributed by atoms with Crippen LogP contribution >= 0.6 is 0 Å². The minimum Gasteiger partial charge on any atom is -0.387 e. The Balaban J connectivity index is 1.23. The van der Waals surface area contributed by atoms with E-state index in [1.807, 2.05) is 35.9 Å². The first-order valence-corrected chi connectivity index (χ1v) is 13.7. The molecule has 0 unspecified atom stereocenters. The molecule has 0 bridgehead atoms. The number of fused-ring (bicyclic) bond motifs is 3. The van der Waals surface area contributed by atoms with Crippen LogP contribution in [0.5, 0.6) is 0 Å². The summed E-state index contributed by atoms with van der Waals surface area (Å²) in [5, 5.41) is 17.8. The number of hydrogen-bond donors (Lipinski definition) is 3. The molecule has 9 nitrogen and oxygen atoms in total. The van der Waals surface area contributed by atoms with Crippen molar-refractivity contribution < 1.29 is 9.90 Å². The molecule has 3 N–H and O–H groups in total. The highest BCUT2D eigenvalue weighted by atomic mass is 16.3. The molecule has 4 aromatic heterocycles. The second-order valence-corrected chi connectivity index (χ2v) is 10.7. The van der Waals surface area contributed by atoms with E-state index in [0.717, 1.165) is 78.8 Å². The van der Waals surface area contributed by atoms with Gasteiger partial charge in [0.05, 0.1) is 17.3 Å². The van der Waals surface area contributed by atoms with E-state index in [-0.39, 0.29) is 11.8 Å². The summed E-state index contributed by atoms with van der Waals surface area (Å²) in [6.45, 7) is 9.25. The van der Waals surface area contributed by atoms with E-state index in [1.165, 1.54) is 0 Å². The normalized spacial score (nSPS) is 20.6. The minimum absolute atomic E-state index is 0.0579. The van der Waals surface area contributed by atoms with Crippen molar-refractivity contribution in [3.63, 3.8) is 0 Å². The lowest BCUT2D eigenvalue weighted by molar-refractivity contribution is -0.117. The van der Waals surface area contributed by atoms with Gasteiger partial charge in [-0.05, 0) is 43.4 Å². The van der Waals surface area contributed by atoms with E-state index in [1.54, 1.807) is 12.4 Å². The molecular formula is C29H35N7O2. The van der Waals surface area contributed by atoms with Gasteiger partial charge in [-0.25, -0.2) is 9.97 Å². The maximum atomic E-state index is 12.9. The summed E-state index contributed by atoms with van der Waals surface area (Å²) in [7, 11) is 0. The fourth-order valence-electron chi connectivity index (χ4n) is 5.64. The summed E-state index contributed by atoms with van der Waals surface area (Å²) in [5.74, 6) is 1.11. The van der Waals surface area contributed by atoms with Crippen molar-refractivity contribution in [2.75, 3.05) is 38.0 Å². The fraction of sp³-hybridized carbons (Fsp3) is 0.448. The van der Waals surface area contributed by atoms with E-state index < -0.39 is 6.10 Å². The highest BCUT2D eigenvalue weighted by Gasteiger charge is 2.43. The van der Waals surface area contributed by atoms with Gasteiger partial charge in [0, 0.05) is 86.0 Å². The molecule has 1 aliphatic heterocycles. The number of amides is 1. The molecule has 1 saturated carbocycles. The summed E-state index contributed by atoms with van der Waals surface area (Å²) in [6, 6.07) is 5.96. The van der Waals surface area contributed by atoms with E-state index >= 15 is 0 Å². The van der Waals surface area contributed by atoms with Crippen LogP contribution in [0.25, 0.3) is 27.7 Å². The molecule has 0 spiro atoms. The maximum Gasteiger partial charge on any atom is 0.228 e. The van der Waals surface area contributed by atoms with Crippen molar-refractivity contribution in [2.24, 2.45) is 11.8 Å². The van der Waals surface area contributed by atoms with Gasteiger partial charge in [-0.15, -0.1) is 0 Å². The van der Waals surface area contributed by atoms with Gasteiger partial charge >= 0.3 is 0 Å². The fourth-order valence-corrected chi connectivity index (χ4v) is 5.64. The van der Waals surface area contributed by atoms with Crippen LogP contribution in [0.4, 0.5) is 5.82 Å². The molecule has 9 heteroatoms. The Bertz CT molecular complexity index is 1480. The summed E-state index contributed by atoms with van der Waals surface area (Å²) in [6.07, 6.45) is 9.32. The zero-order chi connectivity index (χ0) is 26.2. The summed E-state index contributed by atoms with van der Waals surface area (Å²) < 4.78 is 2.03. The molecule has 6 rings (SSSR count). The summed E-state index contributed by atoms with van der Waals surface area (Å²) in [5.41, 5.74) is 5.40. The molecule has 0 radical (unpaired) electrons. The summed E-state index contributed by atoms with van der Waals surface area (Å²) >= 11 is 0. The molecular weight excluding hydrogens is 478 g/mol. The van der Waals surface area contributed by atoms with Crippen molar-refractivity contribution in [1.82, 2.24) is 29.6 Å². The van der Waals surface area contributed by atoms with Gasteiger partial charge in [-0.1, -0.05) is 13.3 Å². The number of aliphatic hydroxyl groups excluding tert-OH is 1. The molecule has 4 aromatic rings. The quantitative estimate of drug-likeness (QED) is 0.331. The third kappa shape index (κ3) is 4.89. The Hall–Kier alpha value is -3.40. The Morgan fingerprint density at radius 1 is 1.16 bits per heavy atom. The molecule has 0 aromatic carbocycles. The minimum atomic E-state index is -0.554. The predicted molar refractivity (Wildman–Crippen MR) is 148 cm³/mol. The summed E-state index contributed by atoms with van der Waals surface area (Å²) in [4.78, 5) is 29.2. The average Bonchev–Trinajstić information content (AvgIpc) is 3.51. The van der Waals surface area contributed by atoms with E-state index in [0.29, 0.717) is 23.9 Å². The van der Waals surface area contributed by atoms with E-state index in [4.69, 9.17) is 0 Å². The Morgan fingerprint density at radius 2 is 2.00 bits per heavy atom. The third-order valence-electron chi connectivity index (χ3n) is 7.89. The number of aliphatic hydroxyl groups is 1. The highest BCUT2D eigenvalue weighted by Crippen LogP contribution is 2.40. The standard InChI is InChI=1S/C29H35N7O2/c1-3-4-26(37)24-11-18(2)23(16-32-24)22-12-19-15-33-27(14-25(19)36-10-7-31-28(22)36)34-29(38)21-13-20(21)17-35-8-5-30-6-9-35/h7,10-12,14-16,20-21,26,30,37H,3-6,8-9,13,17H2,1-2H3,(H,33,34,38)/t20-,21+,26-/m1/s1. The number of nitrogens with one attached hydrogen (secondary N) is 2. The molecule has 38 heavy (non-hydrogen) atoms. The monoisotopic (exact) mass is 513 g/mol. The number of pyridine rings is 3. The lowest BCUT2D eigenvalue weighted by Gasteiger charge is -2.27. The third-order valence-corrected chi connectivity index (χ3v) is 7.89. The lowest BCUT2D eigenvalue weighted by atomic mass is 10.00.